The summed E-state index contributed by atoms with van der Waals surface area (Å²) in [4.78, 5) is 19.7. The minimum absolute atomic E-state index is 0.0556. The molecule has 0 bridgehead atoms. The number of allylic oxidation sites excluding steroid dienone is 1. The van der Waals surface area contributed by atoms with Gasteiger partial charge in [-0.05, 0) is 31.6 Å². The number of alkyl halides is 3. The van der Waals surface area contributed by atoms with Crippen LogP contribution in [0, 0.1) is 0 Å². The van der Waals surface area contributed by atoms with Gasteiger partial charge in [0.2, 0.25) is 5.90 Å². The fraction of sp³-hybridized carbons (Fsp3) is 0.190. The van der Waals surface area contributed by atoms with Crippen LogP contribution >= 0.6 is 23.2 Å². The van der Waals surface area contributed by atoms with E-state index in [1.165, 1.54) is 23.8 Å². The van der Waals surface area contributed by atoms with Crippen LogP contribution in [0.25, 0.3) is 11.3 Å². The smallest absolute Gasteiger partial charge is 0.417 e. The Bertz CT molecular complexity index is 1230. The maximum atomic E-state index is 13.1. The number of aromatic nitrogens is 2. The maximum Gasteiger partial charge on any atom is 0.417 e. The first-order valence-electron chi connectivity index (χ1n) is 8.86. The number of methoxy groups -OCH3 is 1. The Morgan fingerprint density at radius 3 is 2.42 bits per heavy atom. The fourth-order valence-electron chi connectivity index (χ4n) is 2.86. The van der Waals surface area contributed by atoms with E-state index in [1.54, 1.807) is 12.1 Å². The van der Waals surface area contributed by atoms with E-state index in [4.69, 9.17) is 27.9 Å². The second-order valence-electron chi connectivity index (χ2n) is 6.76. The number of hydrogen-bond donors (Lipinski definition) is 0. The summed E-state index contributed by atoms with van der Waals surface area (Å²) in [5, 5.41) is 0.152. The van der Waals surface area contributed by atoms with Crippen molar-refractivity contribution in [3.05, 3.63) is 74.7 Å². The summed E-state index contributed by atoms with van der Waals surface area (Å²) in [6.07, 6.45) is -1.64. The van der Waals surface area contributed by atoms with Crippen LogP contribution in [0.4, 0.5) is 13.2 Å². The lowest BCUT2D eigenvalue weighted by molar-refractivity contribution is -0.137. The first kappa shape index (κ1) is 22.8. The third-order valence-electron chi connectivity index (χ3n) is 4.32. The van der Waals surface area contributed by atoms with Gasteiger partial charge in [0.1, 0.15) is 12.0 Å². The molecule has 0 aliphatic heterocycles. The predicted molar refractivity (Wildman–Crippen MR) is 114 cm³/mol. The molecule has 0 atom stereocenters. The predicted octanol–water partition coefficient (Wildman–Crippen LogP) is 6.32. The Morgan fingerprint density at radius 1 is 1.16 bits per heavy atom. The number of hydrogen-bond acceptors (Lipinski definition) is 4. The Hall–Kier alpha value is -2.84. The summed E-state index contributed by atoms with van der Waals surface area (Å²) < 4.78 is 45.8. The van der Waals surface area contributed by atoms with E-state index in [9.17, 15) is 18.0 Å². The third-order valence-corrected chi connectivity index (χ3v) is 4.91. The molecule has 0 radical (unpaired) electrons. The Kier molecular flexibility index (Phi) is 6.43. The quantitative estimate of drug-likeness (QED) is 0.255. The zero-order valence-electron chi connectivity index (χ0n) is 16.6. The number of aldehydes is 1. The third kappa shape index (κ3) is 4.75. The van der Waals surface area contributed by atoms with Gasteiger partial charge in [0.25, 0.3) is 0 Å². The summed E-state index contributed by atoms with van der Waals surface area (Å²) >= 11 is 12.3. The number of pyridine rings is 1. The molecule has 0 saturated heterocycles. The van der Waals surface area contributed by atoms with Gasteiger partial charge in [-0.1, -0.05) is 35.3 Å². The normalized spacial score (nSPS) is 12.2. The molecule has 3 rings (SSSR count). The number of benzene rings is 1. The Balaban J connectivity index is 2.13. The van der Waals surface area contributed by atoms with Gasteiger partial charge in [-0.2, -0.15) is 13.2 Å². The molecule has 10 heteroatoms. The number of imidazole rings is 1. The number of halogens is 5. The number of nitrogens with zero attached hydrogens (tertiary/aromatic N) is 3. The van der Waals surface area contributed by atoms with Crippen molar-refractivity contribution in [2.45, 2.75) is 20.0 Å². The van der Waals surface area contributed by atoms with Crippen LogP contribution in [0.5, 0.6) is 0 Å². The van der Waals surface area contributed by atoms with Crippen molar-refractivity contribution in [1.29, 1.82) is 0 Å². The highest BCUT2D eigenvalue weighted by atomic mass is 35.5. The van der Waals surface area contributed by atoms with Crippen LogP contribution in [0.2, 0.25) is 10.0 Å². The molecule has 0 amide bonds. The number of carbonyl (C=O) groups excluding carboxylic acids is 1. The SMILES string of the molecule is COC(=NC(=C(C)C)c1ccc(C=O)cc1Cl)c1cn2cc(C(F)(F)F)cc(Cl)c2n1. The van der Waals surface area contributed by atoms with Crippen LogP contribution in [-0.2, 0) is 10.9 Å². The topological polar surface area (TPSA) is 56.0 Å². The van der Waals surface area contributed by atoms with Crippen LogP contribution in [0.1, 0.15) is 41.0 Å². The molecule has 0 unspecified atom stereocenters. The van der Waals surface area contributed by atoms with E-state index in [-0.39, 0.29) is 22.3 Å². The van der Waals surface area contributed by atoms with E-state index in [2.05, 4.69) is 9.98 Å². The van der Waals surface area contributed by atoms with Gasteiger partial charge in [0.15, 0.2) is 5.65 Å². The number of fused-ring (bicyclic) bond motifs is 1. The average Bonchev–Trinajstić information content (AvgIpc) is 3.13. The van der Waals surface area contributed by atoms with Gasteiger partial charge in [-0.3, -0.25) is 4.79 Å². The number of aliphatic imine (C=N–C) groups is 1. The number of rotatable bonds is 4. The lowest BCUT2D eigenvalue weighted by atomic mass is 10.1. The number of ether oxygens (including phenoxy) is 1. The largest absolute Gasteiger partial charge is 0.479 e. The molecule has 5 nitrogen and oxygen atoms in total. The fourth-order valence-corrected chi connectivity index (χ4v) is 3.40. The van der Waals surface area contributed by atoms with Crippen molar-refractivity contribution in [2.24, 2.45) is 4.99 Å². The van der Waals surface area contributed by atoms with Crippen molar-refractivity contribution in [3.63, 3.8) is 0 Å². The second kappa shape index (κ2) is 8.72. The zero-order valence-corrected chi connectivity index (χ0v) is 18.1. The van der Waals surface area contributed by atoms with Crippen molar-refractivity contribution in [1.82, 2.24) is 9.38 Å². The molecule has 0 fully saturated rings. The van der Waals surface area contributed by atoms with E-state index in [0.717, 1.165) is 17.8 Å². The minimum atomic E-state index is -4.56. The zero-order chi connectivity index (χ0) is 22.9. The van der Waals surface area contributed by atoms with Gasteiger partial charge in [0.05, 0.1) is 28.4 Å². The monoisotopic (exact) mass is 469 g/mol. The standard InChI is InChI=1S/C21H16Cl2F3N3O2/c1-11(2)18(14-5-4-12(10-30)6-15(14)22)28-20(31-3)17-9-29-8-13(21(24,25)26)7-16(23)19(29)27-17/h4-10H,1-3H3. The second-order valence-corrected chi connectivity index (χ2v) is 7.57. The maximum absolute atomic E-state index is 13.1. The molecule has 0 saturated carbocycles. The molecule has 1 aromatic carbocycles. The van der Waals surface area contributed by atoms with Gasteiger partial charge in [0, 0.05) is 23.5 Å². The molecular weight excluding hydrogens is 454 g/mol. The molecule has 0 N–H and O–H groups in total. The van der Waals surface area contributed by atoms with Gasteiger partial charge in [-0.25, -0.2) is 9.98 Å². The van der Waals surface area contributed by atoms with Crippen LogP contribution in [0.3, 0.4) is 0 Å². The lowest BCUT2D eigenvalue weighted by Crippen LogP contribution is -2.06. The molecule has 2 heterocycles. The van der Waals surface area contributed by atoms with Crippen LogP contribution in [-0.4, -0.2) is 28.7 Å². The molecule has 31 heavy (non-hydrogen) atoms. The van der Waals surface area contributed by atoms with Gasteiger partial charge < -0.3 is 9.14 Å². The summed E-state index contributed by atoms with van der Waals surface area (Å²) in [6.45, 7) is 3.62. The van der Waals surface area contributed by atoms with Crippen LogP contribution in [0.15, 0.2) is 47.2 Å². The summed E-state index contributed by atoms with van der Waals surface area (Å²) in [5.41, 5.74) is 1.63. The van der Waals surface area contributed by atoms with E-state index in [1.807, 2.05) is 13.8 Å². The highest BCUT2D eigenvalue weighted by molar-refractivity contribution is 6.33. The summed E-state index contributed by atoms with van der Waals surface area (Å²) in [7, 11) is 1.37. The lowest BCUT2D eigenvalue weighted by Gasteiger charge is -2.10. The molecule has 3 aromatic rings. The molecule has 0 aliphatic carbocycles. The first-order chi connectivity index (χ1) is 14.5. The van der Waals surface area contributed by atoms with E-state index >= 15 is 0 Å². The molecule has 0 aliphatic rings. The summed E-state index contributed by atoms with van der Waals surface area (Å²) in [6, 6.07) is 5.58. The Morgan fingerprint density at radius 2 is 1.87 bits per heavy atom. The van der Waals surface area contributed by atoms with Gasteiger partial charge in [-0.15, -0.1) is 0 Å². The van der Waals surface area contributed by atoms with Gasteiger partial charge >= 0.3 is 6.18 Å². The highest BCUT2D eigenvalue weighted by Gasteiger charge is 2.32. The Labute approximate surface area is 185 Å². The minimum Gasteiger partial charge on any atom is -0.479 e. The number of carbonyl (C=O) groups is 1. The van der Waals surface area contributed by atoms with E-state index < -0.39 is 11.7 Å². The van der Waals surface area contributed by atoms with Crippen LogP contribution < -0.4 is 0 Å². The molecule has 2 aromatic heterocycles. The molecule has 162 valence electrons. The van der Waals surface area contributed by atoms with Crippen molar-refractivity contribution >= 4 is 46.7 Å². The highest BCUT2D eigenvalue weighted by Crippen LogP contribution is 2.33. The average molecular weight is 470 g/mol. The van der Waals surface area contributed by atoms with Crippen molar-refractivity contribution < 1.29 is 22.7 Å². The summed E-state index contributed by atoms with van der Waals surface area (Å²) in [5.74, 6) is 0.0556. The van der Waals surface area contributed by atoms with Crippen molar-refractivity contribution in [3.8, 4) is 0 Å². The van der Waals surface area contributed by atoms with E-state index in [0.29, 0.717) is 28.1 Å². The van der Waals surface area contributed by atoms with Crippen molar-refractivity contribution in [2.75, 3.05) is 7.11 Å². The first-order valence-corrected chi connectivity index (χ1v) is 9.61. The molecule has 0 spiro atoms. The molecular formula is C21H16Cl2F3N3O2.